The first kappa shape index (κ1) is 20.5. The van der Waals surface area contributed by atoms with Gasteiger partial charge in [0, 0.05) is 25.3 Å². The lowest BCUT2D eigenvalue weighted by atomic mass is 10.1. The summed E-state index contributed by atoms with van der Waals surface area (Å²) in [7, 11) is 1.64. The summed E-state index contributed by atoms with van der Waals surface area (Å²) in [5, 5.41) is 17.7. The lowest BCUT2D eigenvalue weighted by molar-refractivity contribution is 0.142. The molecule has 1 N–H and O–H groups in total. The summed E-state index contributed by atoms with van der Waals surface area (Å²) in [5.74, 6) is 1.88. The van der Waals surface area contributed by atoms with Crippen molar-refractivity contribution in [1.82, 2.24) is 24.1 Å². The van der Waals surface area contributed by atoms with E-state index in [2.05, 4.69) is 26.7 Å². The molecule has 160 valence electrons. The van der Waals surface area contributed by atoms with E-state index in [4.69, 9.17) is 14.6 Å². The molecular weight excluding hydrogens is 398 g/mol. The Morgan fingerprint density at radius 2 is 1.87 bits per heavy atom. The zero-order valence-electron chi connectivity index (χ0n) is 17.4. The van der Waals surface area contributed by atoms with E-state index in [-0.39, 0.29) is 5.88 Å². The first-order valence-electron chi connectivity index (χ1n) is 9.97. The molecule has 3 heterocycles. The molecule has 0 atom stereocenters. The SMILES string of the molecule is CCCc1nnc(COC)n1Cc1ccc(-c2nc3ccccn3c2OC(=O)O)cc1. The van der Waals surface area contributed by atoms with Gasteiger partial charge in [0.2, 0.25) is 5.88 Å². The summed E-state index contributed by atoms with van der Waals surface area (Å²) in [5.41, 5.74) is 2.90. The number of carboxylic acid groups (broad SMARTS) is 1. The van der Waals surface area contributed by atoms with Crippen molar-refractivity contribution in [2.75, 3.05) is 7.11 Å². The van der Waals surface area contributed by atoms with Gasteiger partial charge in [0.25, 0.3) is 0 Å². The third-order valence-electron chi connectivity index (χ3n) is 4.89. The van der Waals surface area contributed by atoms with Crippen LogP contribution in [0.2, 0.25) is 0 Å². The van der Waals surface area contributed by atoms with Crippen molar-refractivity contribution < 1.29 is 19.4 Å². The number of pyridine rings is 1. The number of hydrogen-bond acceptors (Lipinski definition) is 6. The summed E-state index contributed by atoms with van der Waals surface area (Å²) in [6.45, 7) is 3.12. The summed E-state index contributed by atoms with van der Waals surface area (Å²) in [4.78, 5) is 15.8. The van der Waals surface area contributed by atoms with E-state index in [0.717, 1.165) is 35.6 Å². The number of aromatic nitrogens is 5. The predicted octanol–water partition coefficient (Wildman–Crippen LogP) is 3.80. The highest BCUT2D eigenvalue weighted by atomic mass is 16.7. The summed E-state index contributed by atoms with van der Waals surface area (Å²) in [6.07, 6.45) is 2.15. The highest BCUT2D eigenvalue weighted by Crippen LogP contribution is 2.31. The molecular formula is C22H23N5O4. The Bertz CT molecular complexity index is 1170. The third kappa shape index (κ3) is 4.26. The largest absolute Gasteiger partial charge is 0.512 e. The number of imidazole rings is 1. The minimum absolute atomic E-state index is 0.169. The number of carbonyl (C=O) groups is 1. The van der Waals surface area contributed by atoms with Gasteiger partial charge in [-0.1, -0.05) is 37.3 Å². The van der Waals surface area contributed by atoms with Crippen molar-refractivity contribution in [3.63, 3.8) is 0 Å². The maximum atomic E-state index is 11.2. The Morgan fingerprint density at radius 3 is 2.58 bits per heavy atom. The van der Waals surface area contributed by atoms with Crippen LogP contribution in [0, 0.1) is 0 Å². The average Bonchev–Trinajstić information content (AvgIpc) is 3.31. The van der Waals surface area contributed by atoms with Crippen LogP contribution in [-0.2, 0) is 24.3 Å². The zero-order chi connectivity index (χ0) is 21.8. The molecule has 4 rings (SSSR count). The predicted molar refractivity (Wildman–Crippen MR) is 113 cm³/mol. The fourth-order valence-corrected chi connectivity index (χ4v) is 3.49. The summed E-state index contributed by atoms with van der Waals surface area (Å²) >= 11 is 0. The number of aryl methyl sites for hydroxylation is 1. The van der Waals surface area contributed by atoms with Crippen molar-refractivity contribution in [3.8, 4) is 17.1 Å². The second-order valence-electron chi connectivity index (χ2n) is 7.06. The molecule has 9 heteroatoms. The Labute approximate surface area is 178 Å². The second-order valence-corrected chi connectivity index (χ2v) is 7.06. The molecule has 31 heavy (non-hydrogen) atoms. The molecule has 0 saturated carbocycles. The monoisotopic (exact) mass is 421 g/mol. The van der Waals surface area contributed by atoms with Crippen LogP contribution in [0.25, 0.3) is 16.9 Å². The van der Waals surface area contributed by atoms with Gasteiger partial charge in [-0.25, -0.2) is 9.78 Å². The zero-order valence-corrected chi connectivity index (χ0v) is 17.4. The highest BCUT2D eigenvalue weighted by Gasteiger charge is 2.18. The number of methoxy groups -OCH3 is 1. The maximum Gasteiger partial charge on any atom is 0.512 e. The molecule has 0 unspecified atom stereocenters. The Kier molecular flexibility index (Phi) is 5.94. The van der Waals surface area contributed by atoms with Gasteiger partial charge < -0.3 is 19.1 Å². The topological polar surface area (TPSA) is 104 Å². The number of nitrogens with zero attached hydrogens (tertiary/aromatic N) is 5. The van der Waals surface area contributed by atoms with Crippen molar-refractivity contribution in [1.29, 1.82) is 0 Å². The van der Waals surface area contributed by atoms with E-state index in [1.807, 2.05) is 30.3 Å². The van der Waals surface area contributed by atoms with Crippen molar-refractivity contribution >= 4 is 11.8 Å². The lowest BCUT2D eigenvalue weighted by Crippen LogP contribution is -2.10. The fourth-order valence-electron chi connectivity index (χ4n) is 3.49. The first-order valence-corrected chi connectivity index (χ1v) is 9.97. The Morgan fingerprint density at radius 1 is 1.10 bits per heavy atom. The van der Waals surface area contributed by atoms with Crippen LogP contribution < -0.4 is 4.74 Å². The number of ether oxygens (including phenoxy) is 2. The van der Waals surface area contributed by atoms with Crippen LogP contribution in [0.5, 0.6) is 5.88 Å². The molecule has 0 radical (unpaired) electrons. The number of benzene rings is 1. The maximum absolute atomic E-state index is 11.2. The van der Waals surface area contributed by atoms with Crippen molar-refractivity contribution in [2.24, 2.45) is 0 Å². The van der Waals surface area contributed by atoms with E-state index < -0.39 is 6.16 Å². The van der Waals surface area contributed by atoms with Gasteiger partial charge in [-0.05, 0) is 24.1 Å². The number of hydrogen-bond donors (Lipinski definition) is 1. The molecule has 0 aliphatic carbocycles. The van der Waals surface area contributed by atoms with Gasteiger partial charge in [0.05, 0.1) is 6.54 Å². The standard InChI is InChI=1S/C22H23N5O4/c1-3-6-18-24-25-19(14-30-2)27(18)13-15-8-10-16(11-9-15)20-21(31-22(28)29)26-12-5-4-7-17(26)23-20/h4-5,7-12H,3,6,13-14H2,1-2H3,(H,28,29). The van der Waals surface area contributed by atoms with Crippen molar-refractivity contribution in [3.05, 3.63) is 65.9 Å². The molecule has 0 aliphatic heterocycles. The van der Waals surface area contributed by atoms with E-state index in [9.17, 15) is 4.79 Å². The van der Waals surface area contributed by atoms with E-state index in [1.54, 1.807) is 29.8 Å². The fraction of sp³-hybridized carbons (Fsp3) is 0.273. The van der Waals surface area contributed by atoms with Crippen LogP contribution in [-0.4, -0.2) is 42.5 Å². The van der Waals surface area contributed by atoms with Gasteiger partial charge in [-0.15, -0.1) is 10.2 Å². The molecule has 0 amide bonds. The number of rotatable bonds is 8. The average molecular weight is 421 g/mol. The number of fused-ring (bicyclic) bond motifs is 1. The second kappa shape index (κ2) is 8.97. The minimum atomic E-state index is -1.38. The smallest absolute Gasteiger partial charge is 0.449 e. The van der Waals surface area contributed by atoms with Crippen LogP contribution in [0.3, 0.4) is 0 Å². The normalized spacial score (nSPS) is 11.2. The molecule has 0 spiro atoms. The third-order valence-corrected chi connectivity index (χ3v) is 4.89. The molecule has 0 fully saturated rings. The van der Waals surface area contributed by atoms with E-state index in [1.165, 1.54) is 0 Å². The van der Waals surface area contributed by atoms with Crippen LogP contribution in [0.4, 0.5) is 4.79 Å². The highest BCUT2D eigenvalue weighted by molar-refractivity contribution is 5.73. The van der Waals surface area contributed by atoms with Gasteiger partial charge in [0.1, 0.15) is 23.8 Å². The first-order chi connectivity index (χ1) is 15.1. The lowest BCUT2D eigenvalue weighted by Gasteiger charge is -2.10. The Balaban J connectivity index is 1.66. The molecule has 3 aromatic heterocycles. The molecule has 1 aromatic carbocycles. The van der Waals surface area contributed by atoms with Crippen LogP contribution in [0.15, 0.2) is 48.7 Å². The molecule has 0 bridgehead atoms. The van der Waals surface area contributed by atoms with E-state index in [0.29, 0.717) is 24.5 Å². The van der Waals surface area contributed by atoms with Crippen LogP contribution >= 0.6 is 0 Å². The molecule has 9 nitrogen and oxygen atoms in total. The molecule has 4 aromatic rings. The van der Waals surface area contributed by atoms with Crippen LogP contribution in [0.1, 0.15) is 30.6 Å². The molecule has 0 aliphatic rings. The van der Waals surface area contributed by atoms with Crippen molar-refractivity contribution in [2.45, 2.75) is 32.9 Å². The van der Waals surface area contributed by atoms with Gasteiger partial charge in [0.15, 0.2) is 5.82 Å². The summed E-state index contributed by atoms with van der Waals surface area (Å²) < 4.78 is 14.0. The quantitative estimate of drug-likeness (QED) is 0.432. The van der Waals surface area contributed by atoms with E-state index >= 15 is 0 Å². The van der Waals surface area contributed by atoms with Gasteiger partial charge in [-0.2, -0.15) is 0 Å². The summed E-state index contributed by atoms with van der Waals surface area (Å²) in [6, 6.07) is 13.2. The minimum Gasteiger partial charge on any atom is -0.449 e. The molecule has 0 saturated heterocycles. The van der Waals surface area contributed by atoms with Gasteiger partial charge in [-0.3, -0.25) is 4.40 Å². The Hall–Kier alpha value is -3.72. The van der Waals surface area contributed by atoms with Gasteiger partial charge >= 0.3 is 6.16 Å².